The van der Waals surface area contributed by atoms with Crippen molar-refractivity contribution in [2.24, 2.45) is 0 Å². The minimum atomic E-state index is -4.63. The zero-order valence-corrected chi connectivity index (χ0v) is 18.3. The number of anilines is 1. The zero-order valence-electron chi connectivity index (χ0n) is 17.5. The van der Waals surface area contributed by atoms with E-state index in [1.54, 1.807) is 18.2 Å². The van der Waals surface area contributed by atoms with Crippen LogP contribution in [0.3, 0.4) is 0 Å². The number of benzene rings is 3. The highest BCUT2D eigenvalue weighted by Gasteiger charge is 2.51. The third-order valence-corrected chi connectivity index (χ3v) is 6.69. The van der Waals surface area contributed by atoms with Gasteiger partial charge in [-0.15, -0.1) is 0 Å². The Bertz CT molecular complexity index is 1300. The van der Waals surface area contributed by atoms with Crippen LogP contribution in [-0.2, 0) is 27.5 Å². The van der Waals surface area contributed by atoms with Crippen LogP contribution in [0.2, 0.25) is 0 Å². The van der Waals surface area contributed by atoms with Crippen molar-refractivity contribution < 1.29 is 36.2 Å². The lowest BCUT2D eigenvalue weighted by Crippen LogP contribution is -2.28. The molecule has 1 aliphatic heterocycles. The van der Waals surface area contributed by atoms with Gasteiger partial charge in [-0.25, -0.2) is 4.21 Å². The largest absolute Gasteiger partial charge is 0.454 e. The Labute approximate surface area is 195 Å². The first-order valence-corrected chi connectivity index (χ1v) is 11.4. The molecule has 5 rings (SSSR count). The van der Waals surface area contributed by atoms with Gasteiger partial charge in [0.1, 0.15) is 0 Å². The quantitative estimate of drug-likeness (QED) is 0.472. The molecule has 0 saturated heterocycles. The van der Waals surface area contributed by atoms with Crippen LogP contribution in [-0.4, -0.2) is 21.5 Å². The molecule has 0 radical (unpaired) electrons. The van der Waals surface area contributed by atoms with Crippen molar-refractivity contribution in [1.29, 1.82) is 0 Å². The van der Waals surface area contributed by atoms with Gasteiger partial charge in [-0.1, -0.05) is 18.2 Å². The fraction of sp³-hybridized carbons (Fsp3) is 0.208. The minimum Gasteiger partial charge on any atom is -0.454 e. The highest BCUT2D eigenvalue weighted by molar-refractivity contribution is 7.79. The maximum Gasteiger partial charge on any atom is 0.416 e. The van der Waals surface area contributed by atoms with Gasteiger partial charge in [-0.3, -0.25) is 4.79 Å². The summed E-state index contributed by atoms with van der Waals surface area (Å²) in [7, 11) is 0. The zero-order chi connectivity index (χ0) is 24.1. The SMILES string of the molecule is O=C(Nc1cc(-c2ccc(S(=O)O)cc2)cc(C(F)(F)F)c1)C1(c2ccc3c(c2)OCO3)CC1. The van der Waals surface area contributed by atoms with Crippen molar-refractivity contribution in [1.82, 2.24) is 0 Å². The molecule has 0 aromatic heterocycles. The molecule has 1 amide bonds. The number of nitrogens with one attached hydrogen (secondary N) is 1. The molecular formula is C24H18F3NO5S. The Kier molecular flexibility index (Phi) is 5.37. The summed E-state index contributed by atoms with van der Waals surface area (Å²) >= 11 is -2.20. The molecule has 2 aliphatic rings. The number of hydrogen-bond donors (Lipinski definition) is 2. The van der Waals surface area contributed by atoms with Crippen LogP contribution in [0.1, 0.15) is 24.0 Å². The second-order valence-electron chi connectivity index (χ2n) is 8.17. The van der Waals surface area contributed by atoms with Crippen LogP contribution in [0.25, 0.3) is 11.1 Å². The third-order valence-electron chi connectivity index (χ3n) is 6.02. The fourth-order valence-electron chi connectivity index (χ4n) is 4.01. The van der Waals surface area contributed by atoms with Gasteiger partial charge in [-0.2, -0.15) is 13.2 Å². The number of hydrogen-bond acceptors (Lipinski definition) is 4. The molecule has 34 heavy (non-hydrogen) atoms. The summed E-state index contributed by atoms with van der Waals surface area (Å²) in [5.41, 5.74) is -0.405. The van der Waals surface area contributed by atoms with Gasteiger partial charge in [0.15, 0.2) is 22.6 Å². The standard InChI is InChI=1S/C24H18F3NO5S/c25-24(26,27)17-9-15(14-1-4-19(5-2-14)34(30)31)10-18(11-17)28-22(29)23(7-8-23)16-3-6-20-21(12-16)33-13-32-20/h1-6,9-12H,7-8,13H2,(H,28,29)(H,30,31). The second kappa shape index (κ2) is 8.14. The lowest BCUT2D eigenvalue weighted by atomic mass is 9.94. The van der Waals surface area contributed by atoms with Crippen LogP contribution in [0, 0.1) is 0 Å². The van der Waals surface area contributed by atoms with Crippen LogP contribution < -0.4 is 14.8 Å². The number of amides is 1. The number of fused-ring (bicyclic) bond motifs is 1. The lowest BCUT2D eigenvalue weighted by molar-refractivity contribution is -0.137. The highest BCUT2D eigenvalue weighted by atomic mass is 32.2. The molecule has 6 nitrogen and oxygen atoms in total. The van der Waals surface area contributed by atoms with E-state index < -0.39 is 34.1 Å². The van der Waals surface area contributed by atoms with Crippen molar-refractivity contribution in [2.45, 2.75) is 29.3 Å². The van der Waals surface area contributed by atoms with Crippen molar-refractivity contribution >= 4 is 22.7 Å². The summed E-state index contributed by atoms with van der Waals surface area (Å²) in [6.07, 6.45) is -3.51. The maximum absolute atomic E-state index is 13.6. The lowest BCUT2D eigenvalue weighted by Gasteiger charge is -2.18. The van der Waals surface area contributed by atoms with Gasteiger partial charge in [0.25, 0.3) is 0 Å². The molecule has 3 aromatic carbocycles. The van der Waals surface area contributed by atoms with Crippen LogP contribution in [0.4, 0.5) is 18.9 Å². The summed E-state index contributed by atoms with van der Waals surface area (Å²) in [6.45, 7) is 0.0974. The van der Waals surface area contributed by atoms with Crippen molar-refractivity contribution in [3.63, 3.8) is 0 Å². The average molecular weight is 489 g/mol. The fourth-order valence-corrected chi connectivity index (χ4v) is 4.38. The molecule has 0 spiro atoms. The van der Waals surface area contributed by atoms with Crippen LogP contribution in [0.5, 0.6) is 11.5 Å². The number of alkyl halides is 3. The van der Waals surface area contributed by atoms with Gasteiger partial charge in [0.05, 0.1) is 15.9 Å². The first-order valence-electron chi connectivity index (χ1n) is 10.3. The van der Waals surface area contributed by atoms with Gasteiger partial charge in [0, 0.05) is 5.69 Å². The summed E-state index contributed by atoms with van der Waals surface area (Å²) in [5, 5.41) is 2.66. The van der Waals surface area contributed by atoms with E-state index in [1.165, 1.54) is 30.3 Å². The first kappa shape index (κ1) is 22.4. The van der Waals surface area contributed by atoms with Gasteiger partial charge in [-0.05, 0) is 72.0 Å². The predicted molar refractivity (Wildman–Crippen MR) is 118 cm³/mol. The molecule has 0 bridgehead atoms. The number of ether oxygens (including phenoxy) is 2. The molecule has 1 saturated carbocycles. The Hall–Kier alpha value is -3.37. The molecule has 1 fully saturated rings. The van der Waals surface area contributed by atoms with E-state index in [-0.39, 0.29) is 22.9 Å². The maximum atomic E-state index is 13.6. The van der Waals surface area contributed by atoms with Gasteiger partial charge in [0.2, 0.25) is 12.7 Å². The Morgan fingerprint density at radius 2 is 1.65 bits per heavy atom. The normalized spacial score (nSPS) is 16.7. The van der Waals surface area contributed by atoms with Crippen LogP contribution >= 0.6 is 0 Å². The summed E-state index contributed by atoms with van der Waals surface area (Å²) < 4.78 is 71.8. The molecule has 1 heterocycles. The van der Waals surface area contributed by atoms with Crippen molar-refractivity contribution in [3.8, 4) is 22.6 Å². The number of rotatable bonds is 5. The molecule has 1 aliphatic carbocycles. The number of halogens is 3. The van der Waals surface area contributed by atoms with Gasteiger partial charge < -0.3 is 19.3 Å². The summed E-state index contributed by atoms with van der Waals surface area (Å²) in [6, 6.07) is 14.2. The first-order chi connectivity index (χ1) is 16.2. The average Bonchev–Trinajstić information content (AvgIpc) is 3.49. The Morgan fingerprint density at radius 1 is 0.941 bits per heavy atom. The van der Waals surface area contributed by atoms with Gasteiger partial charge >= 0.3 is 6.18 Å². The van der Waals surface area contributed by atoms with Crippen LogP contribution in [0.15, 0.2) is 65.6 Å². The topological polar surface area (TPSA) is 84.9 Å². The molecule has 10 heteroatoms. The van der Waals surface area contributed by atoms with E-state index in [4.69, 9.17) is 14.0 Å². The van der Waals surface area contributed by atoms with E-state index in [2.05, 4.69) is 5.32 Å². The smallest absolute Gasteiger partial charge is 0.416 e. The molecule has 3 aromatic rings. The summed E-state index contributed by atoms with van der Waals surface area (Å²) in [5.74, 6) is 0.714. The second-order valence-corrected chi connectivity index (χ2v) is 9.14. The van der Waals surface area contributed by atoms with Crippen molar-refractivity contribution in [2.75, 3.05) is 12.1 Å². The van der Waals surface area contributed by atoms with E-state index in [0.29, 0.717) is 35.5 Å². The van der Waals surface area contributed by atoms with E-state index in [0.717, 1.165) is 12.1 Å². The molecular weight excluding hydrogens is 471 g/mol. The van der Waals surface area contributed by atoms with Crippen molar-refractivity contribution in [3.05, 3.63) is 71.8 Å². The highest BCUT2D eigenvalue weighted by Crippen LogP contribution is 2.51. The van der Waals surface area contributed by atoms with E-state index >= 15 is 0 Å². The number of carbonyl (C=O) groups is 1. The summed E-state index contributed by atoms with van der Waals surface area (Å²) in [4.78, 5) is 13.3. The Morgan fingerprint density at radius 3 is 2.29 bits per heavy atom. The predicted octanol–water partition coefficient (Wildman–Crippen LogP) is 5.35. The van der Waals surface area contributed by atoms with E-state index in [1.807, 2.05) is 0 Å². The molecule has 1 unspecified atom stereocenters. The molecule has 176 valence electrons. The number of carbonyl (C=O) groups excluding carboxylic acids is 1. The monoisotopic (exact) mass is 489 g/mol. The molecule has 2 N–H and O–H groups in total. The van der Waals surface area contributed by atoms with E-state index in [9.17, 15) is 22.2 Å². The minimum absolute atomic E-state index is 0.0108. The molecule has 1 atom stereocenters. The Balaban J connectivity index is 1.46. The third kappa shape index (κ3) is 4.14.